The predicted octanol–water partition coefficient (Wildman–Crippen LogP) is 5.21. The van der Waals surface area contributed by atoms with Gasteiger partial charge in [-0.05, 0) is 41.2 Å². The molecule has 0 spiro atoms. The number of benzene rings is 2. The minimum atomic E-state index is -0.316. The highest BCUT2D eigenvalue weighted by Gasteiger charge is 2.38. The third-order valence-electron chi connectivity index (χ3n) is 3.97. The first kappa shape index (κ1) is 13.4. The van der Waals surface area contributed by atoms with Gasteiger partial charge in [0.2, 0.25) is 0 Å². The van der Waals surface area contributed by atoms with Crippen LogP contribution in [0.25, 0.3) is 0 Å². The molecular formula is C17H17ClFN. The molecule has 1 aliphatic rings. The maximum absolute atomic E-state index is 13.5. The topological polar surface area (TPSA) is 12.0 Å². The molecule has 3 heteroatoms. The van der Waals surface area contributed by atoms with E-state index in [1.165, 1.54) is 23.3 Å². The summed E-state index contributed by atoms with van der Waals surface area (Å²) in [6, 6.07) is 13.2. The third kappa shape index (κ3) is 2.40. The summed E-state index contributed by atoms with van der Waals surface area (Å²) in [5.41, 5.74) is 3.46. The van der Waals surface area contributed by atoms with E-state index in [1.807, 2.05) is 6.07 Å². The maximum Gasteiger partial charge on any atom is 0.126 e. The molecule has 0 aliphatic heterocycles. The van der Waals surface area contributed by atoms with Crippen LogP contribution in [0.5, 0.6) is 0 Å². The Labute approximate surface area is 123 Å². The van der Waals surface area contributed by atoms with Crippen LogP contribution >= 0.6 is 11.6 Å². The van der Waals surface area contributed by atoms with Crippen LogP contribution in [-0.4, -0.2) is 0 Å². The molecule has 1 unspecified atom stereocenters. The first-order valence-electron chi connectivity index (χ1n) is 6.76. The van der Waals surface area contributed by atoms with Gasteiger partial charge in [-0.3, -0.25) is 0 Å². The number of hydrogen-bond acceptors (Lipinski definition) is 1. The van der Waals surface area contributed by atoms with Crippen LogP contribution in [-0.2, 0) is 6.42 Å². The van der Waals surface area contributed by atoms with Crippen molar-refractivity contribution in [3.8, 4) is 0 Å². The standard InChI is InChI=1S/C17H17ClFN/c1-17(2)10-11-5-3-4-6-15(11)16(17)20-14-8-12(18)7-13(19)9-14/h3-9,16,20H,10H2,1-2H3. The summed E-state index contributed by atoms with van der Waals surface area (Å²) in [6.45, 7) is 4.46. The smallest absolute Gasteiger partial charge is 0.126 e. The van der Waals surface area contributed by atoms with Crippen molar-refractivity contribution >= 4 is 17.3 Å². The number of nitrogens with one attached hydrogen (secondary N) is 1. The van der Waals surface area contributed by atoms with Gasteiger partial charge >= 0.3 is 0 Å². The number of rotatable bonds is 2. The molecule has 0 amide bonds. The monoisotopic (exact) mass is 289 g/mol. The minimum Gasteiger partial charge on any atom is -0.378 e. The molecule has 1 N–H and O–H groups in total. The van der Waals surface area contributed by atoms with Crippen molar-refractivity contribution in [3.05, 3.63) is 64.4 Å². The second-order valence-electron chi connectivity index (χ2n) is 6.10. The summed E-state index contributed by atoms with van der Waals surface area (Å²) in [5.74, 6) is -0.316. The van der Waals surface area contributed by atoms with Crippen molar-refractivity contribution in [2.45, 2.75) is 26.3 Å². The second-order valence-corrected chi connectivity index (χ2v) is 6.54. The van der Waals surface area contributed by atoms with Crippen molar-refractivity contribution in [1.82, 2.24) is 0 Å². The molecule has 3 rings (SSSR count). The lowest BCUT2D eigenvalue weighted by molar-refractivity contribution is 0.337. The molecule has 0 aromatic heterocycles. The molecule has 1 aliphatic carbocycles. The van der Waals surface area contributed by atoms with Crippen LogP contribution in [0.2, 0.25) is 5.02 Å². The number of halogens is 2. The Bertz CT molecular complexity index is 631. The molecule has 1 nitrogen and oxygen atoms in total. The Hall–Kier alpha value is -1.54. The van der Waals surface area contributed by atoms with Gasteiger partial charge < -0.3 is 5.32 Å². The minimum absolute atomic E-state index is 0.0858. The third-order valence-corrected chi connectivity index (χ3v) is 4.19. The fourth-order valence-corrected chi connectivity index (χ4v) is 3.29. The molecule has 0 saturated carbocycles. The Balaban J connectivity index is 1.97. The Morgan fingerprint density at radius 3 is 2.70 bits per heavy atom. The van der Waals surface area contributed by atoms with E-state index in [9.17, 15) is 4.39 Å². The Kier molecular flexibility index (Phi) is 3.21. The second kappa shape index (κ2) is 4.78. The summed E-state index contributed by atoms with van der Waals surface area (Å²) in [7, 11) is 0. The van der Waals surface area contributed by atoms with Crippen LogP contribution in [0.3, 0.4) is 0 Å². The van der Waals surface area contributed by atoms with E-state index in [-0.39, 0.29) is 17.3 Å². The fraction of sp³-hybridized carbons (Fsp3) is 0.294. The average molecular weight is 290 g/mol. The number of anilines is 1. The van der Waals surface area contributed by atoms with Gasteiger partial charge in [-0.2, -0.15) is 0 Å². The summed E-state index contributed by atoms with van der Waals surface area (Å²) in [6.07, 6.45) is 1.02. The van der Waals surface area contributed by atoms with Gasteiger partial charge in [0.05, 0.1) is 6.04 Å². The molecule has 0 heterocycles. The van der Waals surface area contributed by atoms with Crippen LogP contribution in [0.15, 0.2) is 42.5 Å². The SMILES string of the molecule is CC1(C)Cc2ccccc2C1Nc1cc(F)cc(Cl)c1. The van der Waals surface area contributed by atoms with Crippen LogP contribution in [0.1, 0.15) is 31.0 Å². The van der Waals surface area contributed by atoms with Crippen molar-refractivity contribution < 1.29 is 4.39 Å². The van der Waals surface area contributed by atoms with Crippen molar-refractivity contribution in [3.63, 3.8) is 0 Å². The predicted molar refractivity (Wildman–Crippen MR) is 81.7 cm³/mol. The zero-order chi connectivity index (χ0) is 14.3. The summed E-state index contributed by atoms with van der Waals surface area (Å²) >= 11 is 5.93. The van der Waals surface area contributed by atoms with E-state index in [4.69, 9.17) is 11.6 Å². The molecule has 20 heavy (non-hydrogen) atoms. The zero-order valence-corrected chi connectivity index (χ0v) is 12.3. The summed E-state index contributed by atoms with van der Waals surface area (Å²) < 4.78 is 13.5. The fourth-order valence-electron chi connectivity index (χ4n) is 3.07. The summed E-state index contributed by atoms with van der Waals surface area (Å²) in [5, 5.41) is 3.86. The number of fused-ring (bicyclic) bond motifs is 1. The molecule has 2 aromatic rings. The first-order chi connectivity index (χ1) is 9.45. The quantitative estimate of drug-likeness (QED) is 0.800. The van der Waals surface area contributed by atoms with Gasteiger partial charge in [0.25, 0.3) is 0 Å². The van der Waals surface area contributed by atoms with Gasteiger partial charge in [-0.1, -0.05) is 49.7 Å². The summed E-state index contributed by atoms with van der Waals surface area (Å²) in [4.78, 5) is 0. The van der Waals surface area contributed by atoms with Gasteiger partial charge in [0, 0.05) is 10.7 Å². The zero-order valence-electron chi connectivity index (χ0n) is 11.6. The van der Waals surface area contributed by atoms with Gasteiger partial charge in [0.1, 0.15) is 5.82 Å². The highest BCUT2D eigenvalue weighted by atomic mass is 35.5. The van der Waals surface area contributed by atoms with Crippen LogP contribution in [0, 0.1) is 11.2 Å². The van der Waals surface area contributed by atoms with E-state index in [1.54, 1.807) is 6.07 Å². The maximum atomic E-state index is 13.5. The van der Waals surface area contributed by atoms with Crippen molar-refractivity contribution in [2.24, 2.45) is 5.41 Å². The highest BCUT2D eigenvalue weighted by Crippen LogP contribution is 2.46. The molecule has 0 saturated heterocycles. The lowest BCUT2D eigenvalue weighted by Gasteiger charge is -2.29. The van der Waals surface area contributed by atoms with E-state index in [0.29, 0.717) is 5.02 Å². The van der Waals surface area contributed by atoms with Crippen molar-refractivity contribution in [1.29, 1.82) is 0 Å². The van der Waals surface area contributed by atoms with E-state index >= 15 is 0 Å². The molecule has 0 bridgehead atoms. The highest BCUT2D eigenvalue weighted by molar-refractivity contribution is 6.30. The van der Waals surface area contributed by atoms with Crippen molar-refractivity contribution in [2.75, 3.05) is 5.32 Å². The molecular weight excluding hydrogens is 273 g/mol. The van der Waals surface area contributed by atoms with E-state index < -0.39 is 0 Å². The van der Waals surface area contributed by atoms with E-state index in [2.05, 4.69) is 37.4 Å². The van der Waals surface area contributed by atoms with Crippen LogP contribution in [0.4, 0.5) is 10.1 Å². The van der Waals surface area contributed by atoms with Gasteiger partial charge in [-0.15, -0.1) is 0 Å². The van der Waals surface area contributed by atoms with Gasteiger partial charge in [-0.25, -0.2) is 4.39 Å². The normalized spacial score (nSPS) is 19.7. The molecule has 2 aromatic carbocycles. The van der Waals surface area contributed by atoms with Crippen LogP contribution < -0.4 is 5.32 Å². The molecule has 104 valence electrons. The number of hydrogen-bond donors (Lipinski definition) is 1. The van der Waals surface area contributed by atoms with Gasteiger partial charge in [0.15, 0.2) is 0 Å². The first-order valence-corrected chi connectivity index (χ1v) is 7.14. The largest absolute Gasteiger partial charge is 0.378 e. The lowest BCUT2D eigenvalue weighted by Crippen LogP contribution is -2.24. The Morgan fingerprint density at radius 2 is 1.95 bits per heavy atom. The molecule has 0 radical (unpaired) electrons. The lowest BCUT2D eigenvalue weighted by atomic mass is 9.85. The molecule has 0 fully saturated rings. The average Bonchev–Trinajstić information content (AvgIpc) is 2.59. The van der Waals surface area contributed by atoms with E-state index in [0.717, 1.165) is 12.1 Å². The Morgan fingerprint density at radius 1 is 1.20 bits per heavy atom. The molecule has 1 atom stereocenters.